The number of carbonyl (C=O) groups excluding carboxylic acids is 2. The van der Waals surface area contributed by atoms with E-state index in [1.165, 1.54) is 9.80 Å². The highest BCUT2D eigenvalue weighted by Gasteiger charge is 2.30. The number of nitrogens with zero attached hydrogens (tertiary/aromatic N) is 3. The zero-order valence-corrected chi connectivity index (χ0v) is 12.2. The molecule has 2 saturated heterocycles. The number of ether oxygens (including phenoxy) is 1. The van der Waals surface area contributed by atoms with E-state index in [0.717, 1.165) is 19.8 Å². The zero-order chi connectivity index (χ0) is 15.5. The fourth-order valence-corrected chi connectivity index (χ4v) is 2.58. The van der Waals surface area contributed by atoms with E-state index in [-0.39, 0.29) is 6.54 Å². The standard InChI is InChI=1S/C13H21F2N3O3/c1-13(14,15)10-16-6-8-18(9-7-16)12(20)21-11(19)17-4-2-3-5-17/h2-10H2,1H3. The van der Waals surface area contributed by atoms with Gasteiger partial charge in [-0.15, -0.1) is 0 Å². The first-order valence-corrected chi connectivity index (χ1v) is 7.21. The molecule has 8 heteroatoms. The van der Waals surface area contributed by atoms with Crippen molar-refractivity contribution in [3.05, 3.63) is 0 Å². The molecule has 0 aromatic rings. The van der Waals surface area contributed by atoms with Crippen LogP contribution in [-0.2, 0) is 4.74 Å². The minimum atomic E-state index is -2.74. The highest BCUT2D eigenvalue weighted by Crippen LogP contribution is 2.16. The van der Waals surface area contributed by atoms with Gasteiger partial charge in [-0.05, 0) is 12.8 Å². The van der Waals surface area contributed by atoms with E-state index < -0.39 is 18.1 Å². The lowest BCUT2D eigenvalue weighted by atomic mass is 10.3. The highest BCUT2D eigenvalue weighted by atomic mass is 19.3. The highest BCUT2D eigenvalue weighted by molar-refractivity contribution is 5.83. The van der Waals surface area contributed by atoms with E-state index in [1.807, 2.05) is 0 Å². The van der Waals surface area contributed by atoms with Crippen LogP contribution in [0.1, 0.15) is 19.8 Å². The molecular formula is C13H21F2N3O3. The second-order valence-corrected chi connectivity index (χ2v) is 5.66. The molecule has 0 aromatic heterocycles. The normalized spacial score (nSPS) is 20.7. The molecule has 0 N–H and O–H groups in total. The van der Waals surface area contributed by atoms with Gasteiger partial charge in [0.05, 0.1) is 6.54 Å². The lowest BCUT2D eigenvalue weighted by Crippen LogP contribution is -2.51. The molecule has 120 valence electrons. The Hall–Kier alpha value is -1.44. The predicted molar refractivity (Wildman–Crippen MR) is 71.3 cm³/mol. The molecule has 0 aromatic carbocycles. The second-order valence-electron chi connectivity index (χ2n) is 5.66. The maximum atomic E-state index is 12.9. The summed E-state index contributed by atoms with van der Waals surface area (Å²) in [6, 6.07) is 0. The fraction of sp³-hybridized carbons (Fsp3) is 0.846. The van der Waals surface area contributed by atoms with Crippen LogP contribution in [0, 0.1) is 0 Å². The van der Waals surface area contributed by atoms with E-state index >= 15 is 0 Å². The van der Waals surface area contributed by atoms with Gasteiger partial charge in [0.2, 0.25) is 0 Å². The quantitative estimate of drug-likeness (QED) is 0.727. The van der Waals surface area contributed by atoms with Crippen molar-refractivity contribution in [3.63, 3.8) is 0 Å². The van der Waals surface area contributed by atoms with E-state index in [1.54, 1.807) is 4.90 Å². The maximum Gasteiger partial charge on any atom is 0.418 e. The molecule has 21 heavy (non-hydrogen) atoms. The van der Waals surface area contributed by atoms with Gasteiger partial charge in [0.25, 0.3) is 5.92 Å². The Morgan fingerprint density at radius 1 is 0.952 bits per heavy atom. The van der Waals surface area contributed by atoms with Crippen LogP contribution in [0.2, 0.25) is 0 Å². The van der Waals surface area contributed by atoms with Crippen molar-refractivity contribution >= 4 is 12.2 Å². The number of amides is 2. The average molecular weight is 305 g/mol. The first-order valence-electron chi connectivity index (χ1n) is 7.21. The third-order valence-corrected chi connectivity index (χ3v) is 3.67. The van der Waals surface area contributed by atoms with Crippen LogP contribution in [0.4, 0.5) is 18.4 Å². The van der Waals surface area contributed by atoms with Crippen LogP contribution in [0.25, 0.3) is 0 Å². The van der Waals surface area contributed by atoms with Gasteiger partial charge >= 0.3 is 12.2 Å². The number of rotatable bonds is 2. The van der Waals surface area contributed by atoms with Crippen molar-refractivity contribution in [2.45, 2.75) is 25.7 Å². The van der Waals surface area contributed by atoms with Crippen LogP contribution >= 0.6 is 0 Å². The monoisotopic (exact) mass is 305 g/mol. The number of hydrogen-bond acceptors (Lipinski definition) is 4. The Balaban J connectivity index is 1.74. The summed E-state index contributed by atoms with van der Waals surface area (Å²) in [6.45, 7) is 3.10. The smallest absolute Gasteiger partial charge is 0.359 e. The molecule has 2 rings (SSSR count). The molecule has 0 unspecified atom stereocenters. The van der Waals surface area contributed by atoms with Crippen LogP contribution in [0.15, 0.2) is 0 Å². The van der Waals surface area contributed by atoms with Crippen molar-refractivity contribution in [3.8, 4) is 0 Å². The molecule has 2 fully saturated rings. The van der Waals surface area contributed by atoms with Crippen molar-refractivity contribution in [1.29, 1.82) is 0 Å². The first kappa shape index (κ1) is 15.9. The number of hydrogen-bond donors (Lipinski definition) is 0. The first-order chi connectivity index (χ1) is 9.85. The van der Waals surface area contributed by atoms with Crippen LogP contribution in [0.3, 0.4) is 0 Å². The van der Waals surface area contributed by atoms with Gasteiger partial charge < -0.3 is 14.5 Å². The Bertz CT molecular complexity index is 387. The van der Waals surface area contributed by atoms with Crippen molar-refractivity contribution < 1.29 is 23.1 Å². The number of likely N-dealkylation sites (tertiary alicyclic amines) is 1. The Kier molecular flexibility index (Phi) is 4.97. The largest absolute Gasteiger partial charge is 0.418 e. The van der Waals surface area contributed by atoms with Gasteiger partial charge in [0.1, 0.15) is 0 Å². The maximum absolute atomic E-state index is 12.9. The van der Waals surface area contributed by atoms with Gasteiger partial charge in [-0.25, -0.2) is 18.4 Å². The Morgan fingerprint density at radius 3 is 1.90 bits per heavy atom. The average Bonchev–Trinajstić information content (AvgIpc) is 2.91. The molecule has 0 atom stereocenters. The number of alkyl halides is 2. The predicted octanol–water partition coefficient (Wildman–Crippen LogP) is 1.61. The van der Waals surface area contributed by atoms with Gasteiger partial charge in [0.15, 0.2) is 0 Å². The zero-order valence-electron chi connectivity index (χ0n) is 12.2. The van der Waals surface area contributed by atoms with Crippen LogP contribution in [-0.4, -0.2) is 78.6 Å². The van der Waals surface area contributed by atoms with Gasteiger partial charge in [0, 0.05) is 46.2 Å². The molecule has 0 aliphatic carbocycles. The van der Waals surface area contributed by atoms with Gasteiger partial charge in [-0.1, -0.05) is 0 Å². The summed E-state index contributed by atoms with van der Waals surface area (Å²) in [5.74, 6) is -2.74. The fourth-order valence-electron chi connectivity index (χ4n) is 2.58. The topological polar surface area (TPSA) is 53.1 Å². The van der Waals surface area contributed by atoms with Crippen molar-refractivity contribution in [2.24, 2.45) is 0 Å². The minimum Gasteiger partial charge on any atom is -0.359 e. The SMILES string of the molecule is CC(F)(F)CN1CCN(C(=O)OC(=O)N2CCCC2)CC1. The van der Waals surface area contributed by atoms with Crippen LogP contribution < -0.4 is 0 Å². The molecular weight excluding hydrogens is 284 g/mol. The summed E-state index contributed by atoms with van der Waals surface area (Å²) in [4.78, 5) is 28.0. The number of halogens is 2. The van der Waals surface area contributed by atoms with Gasteiger partial charge in [-0.3, -0.25) is 4.90 Å². The summed E-state index contributed by atoms with van der Waals surface area (Å²) in [5, 5.41) is 0. The minimum absolute atomic E-state index is 0.294. The molecule has 2 aliphatic heterocycles. The third kappa shape index (κ3) is 4.80. The molecule has 0 spiro atoms. The summed E-state index contributed by atoms with van der Waals surface area (Å²) in [5.41, 5.74) is 0. The molecule has 0 bridgehead atoms. The molecule has 0 radical (unpaired) electrons. The molecule has 2 heterocycles. The third-order valence-electron chi connectivity index (χ3n) is 3.67. The Morgan fingerprint density at radius 2 is 1.43 bits per heavy atom. The van der Waals surface area contributed by atoms with E-state index in [2.05, 4.69) is 0 Å². The van der Waals surface area contributed by atoms with Crippen molar-refractivity contribution in [2.75, 3.05) is 45.8 Å². The second kappa shape index (κ2) is 6.55. The van der Waals surface area contributed by atoms with Crippen LogP contribution in [0.5, 0.6) is 0 Å². The molecule has 0 saturated carbocycles. The summed E-state index contributed by atoms with van der Waals surface area (Å²) >= 11 is 0. The lowest BCUT2D eigenvalue weighted by molar-refractivity contribution is -0.0245. The lowest BCUT2D eigenvalue weighted by Gasteiger charge is -2.35. The van der Waals surface area contributed by atoms with E-state index in [0.29, 0.717) is 39.3 Å². The molecule has 2 aliphatic rings. The Labute approximate surface area is 122 Å². The van der Waals surface area contributed by atoms with Crippen molar-refractivity contribution in [1.82, 2.24) is 14.7 Å². The molecule has 6 nitrogen and oxygen atoms in total. The van der Waals surface area contributed by atoms with Gasteiger partial charge in [-0.2, -0.15) is 0 Å². The molecule has 2 amide bonds. The number of piperazine rings is 1. The van der Waals surface area contributed by atoms with E-state index in [9.17, 15) is 18.4 Å². The van der Waals surface area contributed by atoms with E-state index in [4.69, 9.17) is 4.74 Å². The summed E-state index contributed by atoms with van der Waals surface area (Å²) < 4.78 is 30.6. The summed E-state index contributed by atoms with van der Waals surface area (Å²) in [7, 11) is 0. The summed E-state index contributed by atoms with van der Waals surface area (Å²) in [6.07, 6.45) is 0.551. The number of carbonyl (C=O) groups is 2.